The molecule has 2 aromatic rings. The second kappa shape index (κ2) is 11.7. The quantitative estimate of drug-likeness (QED) is 0.544. The summed E-state index contributed by atoms with van der Waals surface area (Å²) in [6.07, 6.45) is 1.50. The number of hydrogen-bond acceptors (Lipinski definition) is 7. The summed E-state index contributed by atoms with van der Waals surface area (Å²) in [5.41, 5.74) is 3.68. The molecule has 2 rings (SSSR count). The highest BCUT2D eigenvalue weighted by Crippen LogP contribution is 2.26. The molecule has 152 valence electrons. The van der Waals surface area contributed by atoms with Crippen LogP contribution in [0.4, 0.5) is 0 Å². The molecule has 0 amide bonds. The molecule has 0 spiro atoms. The van der Waals surface area contributed by atoms with Gasteiger partial charge in [0, 0.05) is 20.3 Å². The van der Waals surface area contributed by atoms with Crippen LogP contribution in [0, 0.1) is 20.8 Å². The molecular formula is C21H26O7. The second-order valence-corrected chi connectivity index (χ2v) is 6.01. The third-order valence-corrected chi connectivity index (χ3v) is 3.73. The molecule has 7 nitrogen and oxygen atoms in total. The first-order valence-corrected chi connectivity index (χ1v) is 8.46. The fourth-order valence-electron chi connectivity index (χ4n) is 2.47. The van der Waals surface area contributed by atoms with E-state index in [-0.39, 0.29) is 19.3 Å². The minimum absolute atomic E-state index is 0.0454. The van der Waals surface area contributed by atoms with Gasteiger partial charge in [0.15, 0.2) is 26.2 Å². The first kappa shape index (κ1) is 23.1. The van der Waals surface area contributed by atoms with E-state index >= 15 is 0 Å². The maximum absolute atomic E-state index is 10.8. The van der Waals surface area contributed by atoms with Crippen molar-refractivity contribution in [1.82, 2.24) is 0 Å². The number of hydrogen-bond donors (Lipinski definition) is 1. The van der Waals surface area contributed by atoms with Gasteiger partial charge in [-0.3, -0.25) is 9.59 Å². The Hall–Kier alpha value is -2.90. The Bertz CT molecular complexity index is 732. The topological polar surface area (TPSA) is 91.3 Å². The van der Waals surface area contributed by atoms with E-state index < -0.39 is 0 Å². The highest BCUT2D eigenvalue weighted by Gasteiger charge is 2.08. The number of rotatable bonds is 8. The van der Waals surface area contributed by atoms with Gasteiger partial charge in [-0.05, 0) is 49.6 Å². The molecule has 0 aromatic heterocycles. The number of aromatic hydroxyl groups is 1. The minimum Gasteiger partial charge on any atom is -0.508 e. The fourth-order valence-corrected chi connectivity index (χ4v) is 2.47. The zero-order valence-electron chi connectivity index (χ0n) is 16.8. The highest BCUT2D eigenvalue weighted by atomic mass is 16.7. The Morgan fingerprint density at radius 3 is 1.71 bits per heavy atom. The van der Waals surface area contributed by atoms with Crippen LogP contribution in [0.3, 0.4) is 0 Å². The number of carbonyl (C=O) groups excluding carboxylic acids is 2. The van der Waals surface area contributed by atoms with E-state index in [2.05, 4.69) is 0 Å². The van der Waals surface area contributed by atoms with Crippen LogP contribution in [0.15, 0.2) is 24.3 Å². The summed E-state index contributed by atoms with van der Waals surface area (Å²) in [5.74, 6) is 0.984. The largest absolute Gasteiger partial charge is 0.508 e. The molecule has 0 fully saturated rings. The molecule has 2 aromatic carbocycles. The van der Waals surface area contributed by atoms with E-state index in [1.165, 1.54) is 19.2 Å². The van der Waals surface area contributed by atoms with E-state index in [0.717, 1.165) is 17.4 Å². The number of methoxy groups -OCH3 is 2. The molecule has 0 unspecified atom stereocenters. The molecule has 28 heavy (non-hydrogen) atoms. The lowest BCUT2D eigenvalue weighted by atomic mass is 10.1. The fraction of sp³-hybridized carbons (Fsp3) is 0.333. The van der Waals surface area contributed by atoms with E-state index in [0.29, 0.717) is 34.5 Å². The number of phenolic OH excluding ortho intramolecular Hbond substituents is 1. The number of aryl methyl sites for hydroxylation is 3. The van der Waals surface area contributed by atoms with Gasteiger partial charge in [-0.1, -0.05) is 6.07 Å². The molecule has 0 atom stereocenters. The molecule has 0 saturated heterocycles. The van der Waals surface area contributed by atoms with Gasteiger partial charge in [0.1, 0.15) is 17.2 Å². The van der Waals surface area contributed by atoms with E-state index in [1.54, 1.807) is 14.0 Å². The summed E-state index contributed by atoms with van der Waals surface area (Å²) < 4.78 is 19.9. The van der Waals surface area contributed by atoms with Crippen molar-refractivity contribution in [1.29, 1.82) is 0 Å². The minimum atomic E-state index is 0.0454. The third-order valence-electron chi connectivity index (χ3n) is 3.73. The number of ether oxygens (including phenoxy) is 4. The number of phenols is 1. The lowest BCUT2D eigenvalue weighted by Gasteiger charge is -2.10. The third kappa shape index (κ3) is 6.68. The van der Waals surface area contributed by atoms with Crippen molar-refractivity contribution < 1.29 is 33.6 Å². The van der Waals surface area contributed by atoms with Crippen LogP contribution in [-0.2, 0) is 9.47 Å². The molecule has 7 heteroatoms. The van der Waals surface area contributed by atoms with Gasteiger partial charge in [0.05, 0.1) is 11.1 Å². The Kier molecular flexibility index (Phi) is 9.70. The molecule has 0 aliphatic carbocycles. The van der Waals surface area contributed by atoms with Crippen LogP contribution in [0.25, 0.3) is 0 Å². The van der Waals surface area contributed by atoms with Crippen molar-refractivity contribution in [2.75, 3.05) is 27.8 Å². The summed E-state index contributed by atoms with van der Waals surface area (Å²) in [5, 5.41) is 9.28. The van der Waals surface area contributed by atoms with Gasteiger partial charge in [0.2, 0.25) is 0 Å². The maximum atomic E-state index is 10.8. The lowest BCUT2D eigenvalue weighted by molar-refractivity contribution is 0.0501. The lowest BCUT2D eigenvalue weighted by Crippen LogP contribution is -2.03. The van der Waals surface area contributed by atoms with Gasteiger partial charge >= 0.3 is 0 Å². The van der Waals surface area contributed by atoms with Gasteiger partial charge in [-0.2, -0.15) is 0 Å². The summed E-state index contributed by atoms with van der Waals surface area (Å²) >= 11 is 0. The van der Waals surface area contributed by atoms with Crippen LogP contribution in [0.1, 0.15) is 37.4 Å². The van der Waals surface area contributed by atoms with Crippen LogP contribution in [0.2, 0.25) is 0 Å². The number of aldehydes is 2. The van der Waals surface area contributed by atoms with Gasteiger partial charge in [-0.25, -0.2) is 0 Å². The molecule has 0 aliphatic rings. The Morgan fingerprint density at radius 1 is 0.786 bits per heavy atom. The van der Waals surface area contributed by atoms with Crippen molar-refractivity contribution in [3.8, 4) is 17.2 Å². The summed E-state index contributed by atoms with van der Waals surface area (Å²) in [6, 6.07) is 6.66. The highest BCUT2D eigenvalue weighted by molar-refractivity contribution is 5.82. The van der Waals surface area contributed by atoms with E-state index in [4.69, 9.17) is 18.9 Å². The van der Waals surface area contributed by atoms with E-state index in [9.17, 15) is 14.7 Å². The SMILES string of the molecule is COCOc1cc(C)cc(C)c1C=O.COCOc1cc(O)cc(C)c1C=O. The zero-order valence-corrected chi connectivity index (χ0v) is 16.8. The average Bonchev–Trinajstić information content (AvgIpc) is 2.64. The van der Waals surface area contributed by atoms with Crippen LogP contribution < -0.4 is 9.47 Å². The smallest absolute Gasteiger partial charge is 0.188 e. The standard InChI is InChI=1S/C11H14O3.C10H12O4/c1-8-4-9(2)10(6-12)11(5-8)14-7-13-3;1-7-3-8(12)4-10(9(7)5-11)14-6-13-2/h4-6H,7H2,1-3H3;3-5,12H,6H2,1-2H3. The predicted octanol–water partition coefficient (Wildman–Crippen LogP) is 3.59. The normalized spacial score (nSPS) is 9.89. The maximum Gasteiger partial charge on any atom is 0.188 e. The van der Waals surface area contributed by atoms with Gasteiger partial charge in [-0.15, -0.1) is 0 Å². The monoisotopic (exact) mass is 390 g/mol. The molecule has 0 radical (unpaired) electrons. The molecule has 0 aliphatic heterocycles. The molecule has 1 N–H and O–H groups in total. The van der Waals surface area contributed by atoms with Crippen LogP contribution in [0.5, 0.6) is 17.2 Å². The zero-order chi connectivity index (χ0) is 21.1. The summed E-state index contributed by atoms with van der Waals surface area (Å²) in [7, 11) is 3.03. The Morgan fingerprint density at radius 2 is 1.25 bits per heavy atom. The van der Waals surface area contributed by atoms with Crippen molar-refractivity contribution >= 4 is 12.6 Å². The van der Waals surface area contributed by atoms with Crippen LogP contribution in [-0.4, -0.2) is 45.5 Å². The summed E-state index contributed by atoms with van der Waals surface area (Å²) in [6.45, 7) is 5.77. The molecule has 0 saturated carbocycles. The Labute approximate surface area is 164 Å². The average molecular weight is 390 g/mol. The molecule has 0 bridgehead atoms. The molecular weight excluding hydrogens is 364 g/mol. The van der Waals surface area contributed by atoms with Crippen molar-refractivity contribution in [2.24, 2.45) is 0 Å². The Balaban J connectivity index is 0.000000280. The van der Waals surface area contributed by atoms with Crippen LogP contribution >= 0.6 is 0 Å². The first-order chi connectivity index (χ1) is 13.4. The van der Waals surface area contributed by atoms with E-state index in [1.807, 2.05) is 26.0 Å². The predicted molar refractivity (Wildman–Crippen MR) is 105 cm³/mol. The number of benzene rings is 2. The van der Waals surface area contributed by atoms with Gasteiger partial charge in [0.25, 0.3) is 0 Å². The van der Waals surface area contributed by atoms with Crippen molar-refractivity contribution in [3.63, 3.8) is 0 Å². The summed E-state index contributed by atoms with van der Waals surface area (Å²) in [4.78, 5) is 21.5. The molecule has 0 heterocycles. The van der Waals surface area contributed by atoms with Crippen molar-refractivity contribution in [3.05, 3.63) is 52.1 Å². The van der Waals surface area contributed by atoms with Gasteiger partial charge < -0.3 is 24.1 Å². The number of carbonyl (C=O) groups is 2. The second-order valence-electron chi connectivity index (χ2n) is 6.01. The first-order valence-electron chi connectivity index (χ1n) is 8.46. The van der Waals surface area contributed by atoms with Crippen molar-refractivity contribution in [2.45, 2.75) is 20.8 Å².